The van der Waals surface area contributed by atoms with Crippen LogP contribution in [0.2, 0.25) is 10.0 Å². The SMILES string of the molecule is Clc1ccc(-c2ncnc3c2ncn3Cc2ccccc2)cc1Cl. The van der Waals surface area contributed by atoms with E-state index in [-0.39, 0.29) is 0 Å². The topological polar surface area (TPSA) is 43.6 Å². The van der Waals surface area contributed by atoms with Gasteiger partial charge in [0.05, 0.1) is 22.9 Å². The van der Waals surface area contributed by atoms with Crippen LogP contribution in [0.15, 0.2) is 61.2 Å². The van der Waals surface area contributed by atoms with Crippen LogP contribution in [0.1, 0.15) is 5.56 Å². The molecule has 0 amide bonds. The molecule has 6 heteroatoms. The van der Waals surface area contributed by atoms with E-state index in [1.54, 1.807) is 24.8 Å². The van der Waals surface area contributed by atoms with E-state index in [2.05, 4.69) is 27.1 Å². The van der Waals surface area contributed by atoms with Gasteiger partial charge in [-0.05, 0) is 17.7 Å². The van der Waals surface area contributed by atoms with Crippen molar-refractivity contribution in [2.75, 3.05) is 0 Å². The standard InChI is InChI=1S/C18H12Cl2N4/c19-14-7-6-13(8-15(14)20)16-17-18(22-10-21-16)24(11-23-17)9-12-4-2-1-3-5-12/h1-8,10-11H,9H2. The molecule has 0 N–H and O–H groups in total. The summed E-state index contributed by atoms with van der Waals surface area (Å²) in [6, 6.07) is 15.6. The van der Waals surface area contributed by atoms with Gasteiger partial charge in [0, 0.05) is 5.56 Å². The summed E-state index contributed by atoms with van der Waals surface area (Å²) in [5.74, 6) is 0. The number of aromatic nitrogens is 4. The van der Waals surface area contributed by atoms with E-state index >= 15 is 0 Å². The maximum absolute atomic E-state index is 6.13. The Hall–Kier alpha value is -2.43. The van der Waals surface area contributed by atoms with Gasteiger partial charge in [0.1, 0.15) is 17.5 Å². The summed E-state index contributed by atoms with van der Waals surface area (Å²) in [7, 11) is 0. The zero-order valence-electron chi connectivity index (χ0n) is 12.5. The summed E-state index contributed by atoms with van der Waals surface area (Å²) < 4.78 is 2.01. The molecule has 0 radical (unpaired) electrons. The first-order valence-corrected chi connectivity index (χ1v) is 8.13. The number of halogens is 2. The fraction of sp³-hybridized carbons (Fsp3) is 0.0556. The van der Waals surface area contributed by atoms with E-state index in [0.717, 1.165) is 22.4 Å². The largest absolute Gasteiger partial charge is 0.311 e. The van der Waals surface area contributed by atoms with Crippen LogP contribution in [-0.4, -0.2) is 19.5 Å². The molecule has 0 saturated heterocycles. The smallest absolute Gasteiger partial charge is 0.164 e. The summed E-state index contributed by atoms with van der Waals surface area (Å²) >= 11 is 12.1. The molecule has 0 fully saturated rings. The van der Waals surface area contributed by atoms with Crippen LogP contribution in [-0.2, 0) is 6.54 Å². The Kier molecular flexibility index (Phi) is 3.92. The monoisotopic (exact) mass is 354 g/mol. The summed E-state index contributed by atoms with van der Waals surface area (Å²) in [6.45, 7) is 0.704. The lowest BCUT2D eigenvalue weighted by Crippen LogP contribution is -1.99. The molecule has 4 nitrogen and oxygen atoms in total. The van der Waals surface area contributed by atoms with E-state index in [9.17, 15) is 0 Å². The molecule has 0 aliphatic heterocycles. The molecule has 2 aromatic carbocycles. The molecule has 118 valence electrons. The number of hydrogen-bond acceptors (Lipinski definition) is 3. The molecule has 0 bridgehead atoms. The normalized spacial score (nSPS) is 11.1. The first-order chi connectivity index (χ1) is 11.7. The van der Waals surface area contributed by atoms with Gasteiger partial charge in [0.25, 0.3) is 0 Å². The van der Waals surface area contributed by atoms with E-state index in [1.807, 2.05) is 28.8 Å². The van der Waals surface area contributed by atoms with E-state index in [0.29, 0.717) is 16.6 Å². The van der Waals surface area contributed by atoms with Crippen LogP contribution in [0.3, 0.4) is 0 Å². The van der Waals surface area contributed by atoms with Crippen LogP contribution >= 0.6 is 23.2 Å². The number of benzene rings is 2. The Balaban J connectivity index is 1.80. The Bertz CT molecular complexity index is 1010. The van der Waals surface area contributed by atoms with Gasteiger partial charge in [-0.25, -0.2) is 15.0 Å². The first kappa shape index (κ1) is 15.1. The van der Waals surface area contributed by atoms with Crippen molar-refractivity contribution in [3.8, 4) is 11.3 Å². The van der Waals surface area contributed by atoms with Crippen LogP contribution in [0.5, 0.6) is 0 Å². The number of fused-ring (bicyclic) bond motifs is 1. The van der Waals surface area contributed by atoms with Gasteiger partial charge in [0.2, 0.25) is 0 Å². The quantitative estimate of drug-likeness (QED) is 0.528. The van der Waals surface area contributed by atoms with Crippen LogP contribution in [0, 0.1) is 0 Å². The lowest BCUT2D eigenvalue weighted by molar-refractivity contribution is 0.813. The van der Waals surface area contributed by atoms with Crippen molar-refractivity contribution in [3.63, 3.8) is 0 Å². The zero-order chi connectivity index (χ0) is 16.5. The zero-order valence-corrected chi connectivity index (χ0v) is 14.0. The van der Waals surface area contributed by atoms with Crippen LogP contribution in [0.25, 0.3) is 22.4 Å². The molecule has 0 saturated carbocycles. The van der Waals surface area contributed by atoms with Crippen molar-refractivity contribution in [1.29, 1.82) is 0 Å². The average Bonchev–Trinajstić information content (AvgIpc) is 3.01. The highest BCUT2D eigenvalue weighted by Crippen LogP contribution is 2.30. The first-order valence-electron chi connectivity index (χ1n) is 7.37. The number of nitrogens with zero attached hydrogens (tertiary/aromatic N) is 4. The van der Waals surface area contributed by atoms with Crippen molar-refractivity contribution < 1.29 is 0 Å². The highest BCUT2D eigenvalue weighted by molar-refractivity contribution is 6.42. The number of imidazole rings is 1. The predicted molar refractivity (Wildman–Crippen MR) is 96.3 cm³/mol. The molecule has 0 aliphatic carbocycles. The lowest BCUT2D eigenvalue weighted by Gasteiger charge is -2.05. The molecule has 24 heavy (non-hydrogen) atoms. The lowest BCUT2D eigenvalue weighted by atomic mass is 10.1. The molecule has 2 heterocycles. The molecule has 4 rings (SSSR count). The van der Waals surface area contributed by atoms with Gasteiger partial charge in [-0.15, -0.1) is 0 Å². The van der Waals surface area contributed by atoms with E-state index in [1.165, 1.54) is 5.56 Å². The van der Waals surface area contributed by atoms with E-state index in [4.69, 9.17) is 23.2 Å². The molecule has 4 aromatic rings. The minimum absolute atomic E-state index is 0.490. The summed E-state index contributed by atoms with van der Waals surface area (Å²) in [4.78, 5) is 13.3. The van der Waals surface area contributed by atoms with Crippen molar-refractivity contribution in [2.24, 2.45) is 0 Å². The fourth-order valence-electron chi connectivity index (χ4n) is 2.63. The third kappa shape index (κ3) is 2.75. The number of hydrogen-bond donors (Lipinski definition) is 0. The molecule has 0 spiro atoms. The van der Waals surface area contributed by atoms with E-state index < -0.39 is 0 Å². The fourth-order valence-corrected chi connectivity index (χ4v) is 2.93. The molecular weight excluding hydrogens is 343 g/mol. The van der Waals surface area contributed by atoms with Gasteiger partial charge in [0.15, 0.2) is 5.65 Å². The Labute approximate surface area is 148 Å². The molecular formula is C18H12Cl2N4. The highest BCUT2D eigenvalue weighted by atomic mass is 35.5. The van der Waals surface area contributed by atoms with Gasteiger partial charge in [-0.3, -0.25) is 0 Å². The predicted octanol–water partition coefficient (Wildman–Crippen LogP) is 4.85. The summed E-state index contributed by atoms with van der Waals surface area (Å²) in [5, 5.41) is 1.00. The van der Waals surface area contributed by atoms with Gasteiger partial charge in [-0.2, -0.15) is 0 Å². The van der Waals surface area contributed by atoms with Gasteiger partial charge in [-0.1, -0.05) is 59.6 Å². The Morgan fingerprint density at radius 2 is 1.71 bits per heavy atom. The van der Waals surface area contributed by atoms with Crippen molar-refractivity contribution in [2.45, 2.75) is 6.54 Å². The minimum Gasteiger partial charge on any atom is -0.311 e. The maximum Gasteiger partial charge on any atom is 0.164 e. The second-order valence-corrected chi connectivity index (χ2v) is 6.20. The average molecular weight is 355 g/mol. The Morgan fingerprint density at radius 3 is 2.50 bits per heavy atom. The Morgan fingerprint density at radius 1 is 0.875 bits per heavy atom. The van der Waals surface area contributed by atoms with Gasteiger partial charge >= 0.3 is 0 Å². The third-order valence-electron chi connectivity index (χ3n) is 3.79. The summed E-state index contributed by atoms with van der Waals surface area (Å²) in [5.41, 5.74) is 4.32. The number of rotatable bonds is 3. The second kappa shape index (κ2) is 6.23. The van der Waals surface area contributed by atoms with Gasteiger partial charge < -0.3 is 4.57 Å². The van der Waals surface area contributed by atoms with Crippen LogP contribution < -0.4 is 0 Å². The molecule has 0 atom stereocenters. The maximum atomic E-state index is 6.13. The second-order valence-electron chi connectivity index (χ2n) is 5.38. The summed E-state index contributed by atoms with van der Waals surface area (Å²) in [6.07, 6.45) is 3.33. The minimum atomic E-state index is 0.490. The third-order valence-corrected chi connectivity index (χ3v) is 4.53. The highest BCUT2D eigenvalue weighted by Gasteiger charge is 2.13. The van der Waals surface area contributed by atoms with Crippen LogP contribution in [0.4, 0.5) is 0 Å². The molecule has 0 aliphatic rings. The molecule has 0 unspecified atom stereocenters. The molecule has 2 aromatic heterocycles. The van der Waals surface area contributed by atoms with Crippen molar-refractivity contribution in [1.82, 2.24) is 19.5 Å². The van der Waals surface area contributed by atoms with Crippen molar-refractivity contribution in [3.05, 3.63) is 76.8 Å². The van der Waals surface area contributed by atoms with Crippen molar-refractivity contribution >= 4 is 34.4 Å².